The maximum Gasteiger partial charge on any atom is 0.171 e. The smallest absolute Gasteiger partial charge is 0.171 e. The third kappa shape index (κ3) is 6.21. The standard InChI is InChI=1S/C15H32N2O2/c1-13(15(18-3)19-4)16-11-8-12-17(2)14-9-6-5-7-10-14/h13-16H,5-12H2,1-4H3. The lowest BCUT2D eigenvalue weighted by molar-refractivity contribution is -0.119. The zero-order chi connectivity index (χ0) is 14.1. The molecule has 0 radical (unpaired) electrons. The Kier molecular flexibility index (Phi) is 8.62. The molecule has 0 amide bonds. The Morgan fingerprint density at radius 3 is 2.37 bits per heavy atom. The third-order valence-corrected chi connectivity index (χ3v) is 4.22. The van der Waals surface area contributed by atoms with Crippen LogP contribution in [0.2, 0.25) is 0 Å². The Morgan fingerprint density at radius 2 is 1.79 bits per heavy atom. The van der Waals surface area contributed by atoms with Crippen LogP contribution in [0.5, 0.6) is 0 Å². The molecule has 0 aliphatic heterocycles. The van der Waals surface area contributed by atoms with Crippen molar-refractivity contribution in [1.29, 1.82) is 0 Å². The summed E-state index contributed by atoms with van der Waals surface area (Å²) in [4.78, 5) is 2.54. The van der Waals surface area contributed by atoms with E-state index >= 15 is 0 Å². The fourth-order valence-corrected chi connectivity index (χ4v) is 2.96. The van der Waals surface area contributed by atoms with Crippen LogP contribution in [0, 0.1) is 0 Å². The predicted molar refractivity (Wildman–Crippen MR) is 79.4 cm³/mol. The van der Waals surface area contributed by atoms with E-state index < -0.39 is 0 Å². The molecule has 1 fully saturated rings. The summed E-state index contributed by atoms with van der Waals surface area (Å²) in [6.07, 6.45) is 8.04. The van der Waals surface area contributed by atoms with Gasteiger partial charge in [-0.3, -0.25) is 0 Å². The van der Waals surface area contributed by atoms with Gasteiger partial charge in [-0.1, -0.05) is 19.3 Å². The lowest BCUT2D eigenvalue weighted by atomic mass is 9.94. The first kappa shape index (κ1) is 16.9. The van der Waals surface area contributed by atoms with Crippen molar-refractivity contribution in [2.75, 3.05) is 34.4 Å². The molecule has 0 aromatic rings. The van der Waals surface area contributed by atoms with E-state index in [1.54, 1.807) is 14.2 Å². The summed E-state index contributed by atoms with van der Waals surface area (Å²) in [6, 6.07) is 1.05. The first-order valence-corrected chi connectivity index (χ1v) is 7.68. The van der Waals surface area contributed by atoms with E-state index in [2.05, 4.69) is 24.2 Å². The summed E-state index contributed by atoms with van der Waals surface area (Å²) in [5, 5.41) is 3.47. The highest BCUT2D eigenvalue weighted by atomic mass is 16.7. The van der Waals surface area contributed by atoms with Crippen molar-refractivity contribution in [1.82, 2.24) is 10.2 Å². The van der Waals surface area contributed by atoms with Crippen molar-refractivity contribution in [3.05, 3.63) is 0 Å². The quantitative estimate of drug-likeness (QED) is 0.515. The number of nitrogens with one attached hydrogen (secondary N) is 1. The molecule has 0 aromatic heterocycles. The molecule has 1 aliphatic rings. The van der Waals surface area contributed by atoms with Gasteiger partial charge in [-0.25, -0.2) is 0 Å². The van der Waals surface area contributed by atoms with Gasteiger partial charge >= 0.3 is 0 Å². The van der Waals surface area contributed by atoms with Gasteiger partial charge in [0.15, 0.2) is 6.29 Å². The van der Waals surface area contributed by atoms with Crippen LogP contribution in [-0.4, -0.2) is 57.6 Å². The molecule has 19 heavy (non-hydrogen) atoms. The van der Waals surface area contributed by atoms with E-state index in [9.17, 15) is 0 Å². The molecule has 1 aliphatic carbocycles. The molecule has 4 nitrogen and oxygen atoms in total. The maximum absolute atomic E-state index is 5.24. The Labute approximate surface area is 118 Å². The van der Waals surface area contributed by atoms with Crippen LogP contribution in [0.1, 0.15) is 45.4 Å². The molecule has 4 heteroatoms. The van der Waals surface area contributed by atoms with Gasteiger partial charge in [0.1, 0.15) is 0 Å². The second-order valence-electron chi connectivity index (χ2n) is 5.71. The average Bonchev–Trinajstić information content (AvgIpc) is 2.45. The number of methoxy groups -OCH3 is 2. The summed E-state index contributed by atoms with van der Waals surface area (Å²) in [5.74, 6) is 0. The van der Waals surface area contributed by atoms with Crippen LogP contribution in [0.15, 0.2) is 0 Å². The normalized spacial score (nSPS) is 19.3. The van der Waals surface area contributed by atoms with E-state index in [0.29, 0.717) is 0 Å². The van der Waals surface area contributed by atoms with Gasteiger partial charge in [-0.05, 0) is 46.3 Å². The monoisotopic (exact) mass is 272 g/mol. The molecule has 0 aromatic carbocycles. The molecule has 1 unspecified atom stereocenters. The van der Waals surface area contributed by atoms with Gasteiger partial charge in [0.25, 0.3) is 0 Å². The van der Waals surface area contributed by atoms with Gasteiger partial charge in [0, 0.05) is 20.3 Å². The Bertz CT molecular complexity index is 216. The number of ether oxygens (including phenoxy) is 2. The van der Waals surface area contributed by atoms with Crippen LogP contribution < -0.4 is 5.32 Å². The third-order valence-electron chi connectivity index (χ3n) is 4.22. The van der Waals surface area contributed by atoms with Crippen LogP contribution >= 0.6 is 0 Å². The fourth-order valence-electron chi connectivity index (χ4n) is 2.96. The van der Waals surface area contributed by atoms with E-state index in [-0.39, 0.29) is 12.3 Å². The highest BCUT2D eigenvalue weighted by Crippen LogP contribution is 2.21. The molecular formula is C15H32N2O2. The zero-order valence-electron chi connectivity index (χ0n) is 13.2. The first-order chi connectivity index (χ1) is 9.19. The minimum atomic E-state index is -0.156. The largest absolute Gasteiger partial charge is 0.354 e. The minimum absolute atomic E-state index is 0.156. The summed E-state index contributed by atoms with van der Waals surface area (Å²) < 4.78 is 10.5. The molecule has 1 rings (SSSR count). The van der Waals surface area contributed by atoms with Gasteiger partial charge < -0.3 is 19.7 Å². The molecule has 0 heterocycles. The lowest BCUT2D eigenvalue weighted by Crippen LogP contribution is -2.41. The van der Waals surface area contributed by atoms with E-state index in [1.165, 1.54) is 45.1 Å². The van der Waals surface area contributed by atoms with Crippen LogP contribution in [0.3, 0.4) is 0 Å². The van der Waals surface area contributed by atoms with Crippen LogP contribution in [0.4, 0.5) is 0 Å². The van der Waals surface area contributed by atoms with E-state index in [1.807, 2.05) is 0 Å². The molecular weight excluding hydrogens is 240 g/mol. The van der Waals surface area contributed by atoms with Crippen molar-refractivity contribution in [2.24, 2.45) is 0 Å². The minimum Gasteiger partial charge on any atom is -0.354 e. The van der Waals surface area contributed by atoms with Gasteiger partial charge in [-0.15, -0.1) is 0 Å². The topological polar surface area (TPSA) is 33.7 Å². The Hall–Kier alpha value is -0.160. The molecule has 1 N–H and O–H groups in total. The van der Waals surface area contributed by atoms with Crippen LogP contribution in [-0.2, 0) is 9.47 Å². The number of hydrogen-bond donors (Lipinski definition) is 1. The SMILES string of the molecule is COC(OC)C(C)NCCCN(C)C1CCCCC1. The molecule has 0 saturated heterocycles. The summed E-state index contributed by atoms with van der Waals surface area (Å²) in [7, 11) is 5.64. The molecule has 1 atom stereocenters. The maximum atomic E-state index is 5.24. The van der Waals surface area contributed by atoms with Crippen molar-refractivity contribution in [2.45, 2.75) is 63.8 Å². The lowest BCUT2D eigenvalue weighted by Gasteiger charge is -2.31. The van der Waals surface area contributed by atoms with Crippen molar-refractivity contribution < 1.29 is 9.47 Å². The summed E-state index contributed by atoms with van der Waals surface area (Å²) in [5.41, 5.74) is 0. The van der Waals surface area contributed by atoms with Gasteiger partial charge in [0.05, 0.1) is 6.04 Å². The zero-order valence-corrected chi connectivity index (χ0v) is 13.2. The molecule has 1 saturated carbocycles. The molecule has 114 valence electrons. The Morgan fingerprint density at radius 1 is 1.16 bits per heavy atom. The Balaban J connectivity index is 2.09. The second-order valence-corrected chi connectivity index (χ2v) is 5.71. The highest BCUT2D eigenvalue weighted by Gasteiger charge is 2.18. The van der Waals surface area contributed by atoms with Gasteiger partial charge in [0.2, 0.25) is 0 Å². The number of nitrogens with zero attached hydrogens (tertiary/aromatic N) is 1. The highest BCUT2D eigenvalue weighted by molar-refractivity contribution is 4.74. The average molecular weight is 272 g/mol. The van der Waals surface area contributed by atoms with Crippen molar-refractivity contribution in [3.8, 4) is 0 Å². The first-order valence-electron chi connectivity index (χ1n) is 7.68. The number of hydrogen-bond acceptors (Lipinski definition) is 4. The van der Waals surface area contributed by atoms with Crippen molar-refractivity contribution >= 4 is 0 Å². The molecule has 0 spiro atoms. The second kappa shape index (κ2) is 9.70. The molecule has 0 bridgehead atoms. The fraction of sp³-hybridized carbons (Fsp3) is 1.00. The van der Waals surface area contributed by atoms with Crippen LogP contribution in [0.25, 0.3) is 0 Å². The number of rotatable bonds is 9. The van der Waals surface area contributed by atoms with E-state index in [4.69, 9.17) is 9.47 Å². The van der Waals surface area contributed by atoms with E-state index in [0.717, 1.165) is 12.6 Å². The van der Waals surface area contributed by atoms with Gasteiger partial charge in [-0.2, -0.15) is 0 Å². The van der Waals surface area contributed by atoms with Crippen molar-refractivity contribution in [3.63, 3.8) is 0 Å². The summed E-state index contributed by atoms with van der Waals surface area (Å²) >= 11 is 0. The predicted octanol–water partition coefficient (Wildman–Crippen LogP) is 2.24. The summed E-state index contributed by atoms with van der Waals surface area (Å²) in [6.45, 7) is 4.29.